The number of aliphatic hydroxyl groups is 1. The van der Waals surface area contributed by atoms with Gasteiger partial charge in [0.05, 0.1) is 12.1 Å². The summed E-state index contributed by atoms with van der Waals surface area (Å²) in [5.74, 6) is 0.161. The van der Waals surface area contributed by atoms with Gasteiger partial charge in [-0.25, -0.2) is 0 Å². The number of ketones is 1. The van der Waals surface area contributed by atoms with Gasteiger partial charge < -0.3 is 19.5 Å². The van der Waals surface area contributed by atoms with Crippen molar-refractivity contribution in [2.75, 3.05) is 24.7 Å². The third-order valence-electron chi connectivity index (χ3n) is 4.89. The number of hydrogen-bond acceptors (Lipinski definition) is 5. The molecule has 144 valence electrons. The van der Waals surface area contributed by atoms with E-state index in [1.54, 1.807) is 42.5 Å². The van der Waals surface area contributed by atoms with E-state index in [2.05, 4.69) is 22.5 Å². The van der Waals surface area contributed by atoms with Crippen molar-refractivity contribution in [3.8, 4) is 11.5 Å². The average molecular weight is 444 g/mol. The molecule has 2 heterocycles. The van der Waals surface area contributed by atoms with Crippen LogP contribution >= 0.6 is 15.9 Å². The third-order valence-corrected chi connectivity index (χ3v) is 5.38. The van der Waals surface area contributed by atoms with Crippen molar-refractivity contribution in [3.05, 3.63) is 64.7 Å². The first kappa shape index (κ1) is 18.7. The molecule has 6 nitrogen and oxygen atoms in total. The lowest BCUT2D eigenvalue weighted by Gasteiger charge is -2.23. The number of benzene rings is 2. The molecule has 2 aliphatic heterocycles. The summed E-state index contributed by atoms with van der Waals surface area (Å²) in [6.45, 7) is 4.78. The van der Waals surface area contributed by atoms with Crippen LogP contribution in [0.15, 0.2) is 53.5 Å². The summed E-state index contributed by atoms with van der Waals surface area (Å²) in [4.78, 5) is 27.4. The van der Waals surface area contributed by atoms with E-state index in [1.165, 1.54) is 4.90 Å². The smallest absolute Gasteiger partial charge is 0.264 e. The van der Waals surface area contributed by atoms with Gasteiger partial charge in [0.1, 0.15) is 13.2 Å². The highest BCUT2D eigenvalue weighted by Gasteiger charge is 2.50. The summed E-state index contributed by atoms with van der Waals surface area (Å²) < 4.78 is 11.7. The molecule has 1 unspecified atom stereocenters. The molecule has 0 spiro atoms. The maximum Gasteiger partial charge on any atom is 0.264 e. The number of halogens is 1. The van der Waals surface area contributed by atoms with E-state index in [0.717, 1.165) is 0 Å². The zero-order valence-corrected chi connectivity index (χ0v) is 16.6. The molecule has 28 heavy (non-hydrogen) atoms. The molecule has 7 heteroatoms. The second kappa shape index (κ2) is 7.07. The summed E-state index contributed by atoms with van der Waals surface area (Å²) in [6, 6.07) is 10.1. The minimum atomic E-state index is -1.94. The van der Waals surface area contributed by atoms with Crippen LogP contribution in [0.25, 0.3) is 0 Å². The quantitative estimate of drug-likeness (QED) is 0.566. The van der Waals surface area contributed by atoms with Gasteiger partial charge in [-0.15, -0.1) is 6.58 Å². The van der Waals surface area contributed by atoms with E-state index in [1.807, 2.05) is 0 Å². The molecule has 0 saturated carbocycles. The molecular formula is C21H18BrNO5. The van der Waals surface area contributed by atoms with Gasteiger partial charge in [-0.3, -0.25) is 9.59 Å². The maximum atomic E-state index is 13.0. The zero-order chi connectivity index (χ0) is 19.9. The average Bonchev–Trinajstić information content (AvgIpc) is 2.89. The molecule has 1 N–H and O–H groups in total. The number of carbonyl (C=O) groups excluding carboxylic acids is 2. The standard InChI is InChI=1S/C21H18BrNO5/c1-2-7-23-16-5-4-14(22)11-15(16)21(26,20(23)25)12-17(24)13-3-6-18-19(10-13)28-9-8-27-18/h2-6,10-11,26H,1,7-9,12H2. The first-order chi connectivity index (χ1) is 13.4. The third kappa shape index (κ3) is 3.00. The molecule has 2 aromatic rings. The summed E-state index contributed by atoms with van der Waals surface area (Å²) in [5, 5.41) is 11.3. The van der Waals surface area contributed by atoms with Crippen molar-refractivity contribution in [1.29, 1.82) is 0 Å². The SMILES string of the molecule is C=CCN1C(=O)C(O)(CC(=O)c2ccc3c(c2)OCCO3)c2cc(Br)ccc21. The molecule has 0 saturated heterocycles. The zero-order valence-electron chi connectivity index (χ0n) is 15.0. The first-order valence-corrected chi connectivity index (χ1v) is 9.61. The highest BCUT2D eigenvalue weighted by molar-refractivity contribution is 9.10. The van der Waals surface area contributed by atoms with Crippen molar-refractivity contribution < 1.29 is 24.2 Å². The minimum absolute atomic E-state index is 0.244. The topological polar surface area (TPSA) is 76.1 Å². The van der Waals surface area contributed by atoms with Gasteiger partial charge in [0, 0.05) is 22.1 Å². The molecule has 0 fully saturated rings. The normalized spacial score (nSPS) is 20.1. The molecule has 2 aliphatic rings. The number of amides is 1. The molecule has 2 aromatic carbocycles. The number of carbonyl (C=O) groups is 2. The Hall–Kier alpha value is -2.64. The maximum absolute atomic E-state index is 13.0. The molecule has 0 aliphatic carbocycles. The van der Waals surface area contributed by atoms with Gasteiger partial charge in [0.15, 0.2) is 22.9 Å². The van der Waals surface area contributed by atoms with E-state index in [9.17, 15) is 14.7 Å². The Morgan fingerprint density at radius 3 is 2.71 bits per heavy atom. The Morgan fingerprint density at radius 1 is 1.21 bits per heavy atom. The van der Waals surface area contributed by atoms with Gasteiger partial charge in [-0.2, -0.15) is 0 Å². The van der Waals surface area contributed by atoms with Crippen molar-refractivity contribution in [1.82, 2.24) is 0 Å². The van der Waals surface area contributed by atoms with E-state index in [0.29, 0.717) is 46.0 Å². The fraction of sp³-hybridized carbons (Fsp3) is 0.238. The van der Waals surface area contributed by atoms with Crippen LogP contribution in [0.2, 0.25) is 0 Å². The number of nitrogens with zero attached hydrogens (tertiary/aromatic N) is 1. The number of hydrogen-bond donors (Lipinski definition) is 1. The van der Waals surface area contributed by atoms with Crippen LogP contribution in [-0.2, 0) is 10.4 Å². The van der Waals surface area contributed by atoms with Crippen molar-refractivity contribution in [2.24, 2.45) is 0 Å². The van der Waals surface area contributed by atoms with E-state index >= 15 is 0 Å². The molecule has 1 atom stereocenters. The lowest BCUT2D eigenvalue weighted by molar-refractivity contribution is -0.135. The van der Waals surface area contributed by atoms with E-state index < -0.39 is 11.5 Å². The Morgan fingerprint density at radius 2 is 1.96 bits per heavy atom. The second-order valence-corrected chi connectivity index (χ2v) is 7.60. The minimum Gasteiger partial charge on any atom is -0.486 e. The fourth-order valence-corrected chi connectivity index (χ4v) is 3.92. The summed E-state index contributed by atoms with van der Waals surface area (Å²) in [5.41, 5.74) is -0.610. The Kier molecular flexibility index (Phi) is 4.72. The largest absolute Gasteiger partial charge is 0.486 e. The van der Waals surface area contributed by atoms with E-state index in [-0.39, 0.29) is 18.7 Å². The van der Waals surface area contributed by atoms with Crippen LogP contribution in [0.1, 0.15) is 22.3 Å². The van der Waals surface area contributed by atoms with Gasteiger partial charge in [-0.1, -0.05) is 22.0 Å². The van der Waals surface area contributed by atoms with Crippen LogP contribution in [-0.4, -0.2) is 36.6 Å². The Balaban J connectivity index is 1.68. The molecular weight excluding hydrogens is 426 g/mol. The number of anilines is 1. The van der Waals surface area contributed by atoms with Crippen molar-refractivity contribution >= 4 is 33.3 Å². The molecule has 1 amide bonds. The van der Waals surface area contributed by atoms with Gasteiger partial charge >= 0.3 is 0 Å². The summed E-state index contributed by atoms with van der Waals surface area (Å²) in [6.07, 6.45) is 1.21. The molecule has 0 radical (unpaired) electrons. The van der Waals surface area contributed by atoms with E-state index in [4.69, 9.17) is 9.47 Å². The predicted molar refractivity (Wildman–Crippen MR) is 107 cm³/mol. The van der Waals surface area contributed by atoms with Crippen LogP contribution in [0.5, 0.6) is 11.5 Å². The van der Waals surface area contributed by atoms with Crippen molar-refractivity contribution in [2.45, 2.75) is 12.0 Å². The number of ether oxygens (including phenoxy) is 2. The highest BCUT2D eigenvalue weighted by Crippen LogP contribution is 2.44. The Labute approximate surface area is 170 Å². The van der Waals surface area contributed by atoms with Gasteiger partial charge in [0.25, 0.3) is 5.91 Å². The number of fused-ring (bicyclic) bond motifs is 2. The van der Waals surface area contributed by atoms with Gasteiger partial charge in [-0.05, 0) is 36.4 Å². The van der Waals surface area contributed by atoms with Crippen molar-refractivity contribution in [3.63, 3.8) is 0 Å². The van der Waals surface area contributed by atoms with Crippen LogP contribution < -0.4 is 14.4 Å². The predicted octanol–water partition coefficient (Wildman–Crippen LogP) is 3.21. The van der Waals surface area contributed by atoms with Crippen LogP contribution in [0.3, 0.4) is 0 Å². The summed E-state index contributed by atoms with van der Waals surface area (Å²) in [7, 11) is 0. The first-order valence-electron chi connectivity index (χ1n) is 8.82. The number of rotatable bonds is 5. The Bertz CT molecular complexity index is 989. The van der Waals surface area contributed by atoms with Crippen LogP contribution in [0, 0.1) is 0 Å². The molecule has 4 rings (SSSR count). The lowest BCUT2D eigenvalue weighted by atomic mass is 9.88. The number of Topliss-reactive ketones (excluding diaryl/α,β-unsaturated/α-hetero) is 1. The molecule has 0 bridgehead atoms. The highest BCUT2D eigenvalue weighted by atomic mass is 79.9. The summed E-state index contributed by atoms with van der Waals surface area (Å²) >= 11 is 3.37. The lowest BCUT2D eigenvalue weighted by Crippen LogP contribution is -2.41. The molecule has 0 aromatic heterocycles. The fourth-order valence-electron chi connectivity index (χ4n) is 3.56. The second-order valence-electron chi connectivity index (χ2n) is 6.68. The van der Waals surface area contributed by atoms with Gasteiger partial charge in [0.2, 0.25) is 0 Å². The monoisotopic (exact) mass is 443 g/mol. The van der Waals surface area contributed by atoms with Crippen LogP contribution in [0.4, 0.5) is 5.69 Å².